The summed E-state index contributed by atoms with van der Waals surface area (Å²) >= 11 is 1.29. The quantitative estimate of drug-likeness (QED) is 0.764. The molecular weight excluding hydrogens is 326 g/mol. The van der Waals surface area contributed by atoms with Gasteiger partial charge < -0.3 is 21.7 Å². The van der Waals surface area contributed by atoms with Crippen LogP contribution in [0.3, 0.4) is 0 Å². The molecule has 2 aromatic rings. The third-order valence-electron chi connectivity index (χ3n) is 4.08. The molecule has 24 heavy (non-hydrogen) atoms. The molecule has 0 aliphatic carbocycles. The van der Waals surface area contributed by atoms with Gasteiger partial charge in [-0.3, -0.25) is 4.79 Å². The van der Waals surface area contributed by atoms with Crippen molar-refractivity contribution >= 4 is 34.1 Å². The molecule has 1 saturated heterocycles. The number of rotatable bonds is 4. The van der Waals surface area contributed by atoms with E-state index in [0.29, 0.717) is 24.2 Å². The van der Waals surface area contributed by atoms with Gasteiger partial charge in [0.2, 0.25) is 0 Å². The summed E-state index contributed by atoms with van der Waals surface area (Å²) in [7, 11) is 0. The van der Waals surface area contributed by atoms with Gasteiger partial charge in [0.25, 0.3) is 5.91 Å². The Labute approximate surface area is 144 Å². The van der Waals surface area contributed by atoms with E-state index in [4.69, 9.17) is 11.5 Å². The second-order valence-corrected chi connectivity index (χ2v) is 6.89. The highest BCUT2D eigenvalue weighted by atomic mass is 32.1. The van der Waals surface area contributed by atoms with Crippen molar-refractivity contribution in [2.45, 2.75) is 38.8 Å². The monoisotopic (exact) mass is 347 g/mol. The lowest BCUT2D eigenvalue weighted by Gasteiger charge is -2.37. The maximum atomic E-state index is 11.7. The van der Waals surface area contributed by atoms with Gasteiger partial charge in [-0.25, -0.2) is 9.97 Å². The molecule has 5 N–H and O–H groups in total. The van der Waals surface area contributed by atoms with E-state index < -0.39 is 5.91 Å². The molecule has 8 nitrogen and oxygen atoms in total. The number of piperidine rings is 1. The number of hydrogen-bond donors (Lipinski definition) is 3. The summed E-state index contributed by atoms with van der Waals surface area (Å²) in [4.78, 5) is 22.6. The summed E-state index contributed by atoms with van der Waals surface area (Å²) in [6, 6.07) is 2.31. The maximum absolute atomic E-state index is 11.7. The van der Waals surface area contributed by atoms with Crippen molar-refractivity contribution in [1.29, 1.82) is 0 Å². The van der Waals surface area contributed by atoms with E-state index in [1.165, 1.54) is 11.5 Å². The van der Waals surface area contributed by atoms with Crippen molar-refractivity contribution in [3.8, 4) is 0 Å². The van der Waals surface area contributed by atoms with E-state index in [-0.39, 0.29) is 11.7 Å². The molecule has 1 aliphatic heterocycles. The number of nitrogens with two attached hydrogens (primary N) is 2. The lowest BCUT2D eigenvalue weighted by Crippen LogP contribution is -2.48. The van der Waals surface area contributed by atoms with Gasteiger partial charge >= 0.3 is 0 Å². The zero-order valence-electron chi connectivity index (χ0n) is 13.7. The van der Waals surface area contributed by atoms with Crippen LogP contribution in [0.4, 0.5) is 16.6 Å². The number of aryl methyl sites for hydroxylation is 1. The van der Waals surface area contributed by atoms with E-state index in [0.717, 1.165) is 23.5 Å². The Morgan fingerprint density at radius 2 is 2.25 bits per heavy atom. The summed E-state index contributed by atoms with van der Waals surface area (Å²) in [5.74, 6) is 0.405. The van der Waals surface area contributed by atoms with Gasteiger partial charge in [0.05, 0.1) is 11.9 Å². The van der Waals surface area contributed by atoms with Crippen LogP contribution in [0, 0.1) is 6.92 Å². The minimum absolute atomic E-state index is 0.110. The molecule has 2 unspecified atom stereocenters. The number of amides is 1. The Kier molecular flexibility index (Phi) is 4.63. The number of carbonyl (C=O) groups is 1. The smallest absolute Gasteiger partial charge is 0.271 e. The zero-order valence-corrected chi connectivity index (χ0v) is 14.5. The van der Waals surface area contributed by atoms with Crippen LogP contribution in [0.1, 0.15) is 35.9 Å². The van der Waals surface area contributed by atoms with E-state index in [9.17, 15) is 4.79 Å². The van der Waals surface area contributed by atoms with Crippen LogP contribution < -0.4 is 21.7 Å². The average molecular weight is 347 g/mol. The van der Waals surface area contributed by atoms with Crippen molar-refractivity contribution in [3.63, 3.8) is 0 Å². The third kappa shape index (κ3) is 3.46. The first-order chi connectivity index (χ1) is 11.4. The Bertz CT molecular complexity index is 747. The van der Waals surface area contributed by atoms with Gasteiger partial charge in [0.1, 0.15) is 10.8 Å². The highest BCUT2D eigenvalue weighted by Gasteiger charge is 2.26. The van der Waals surface area contributed by atoms with Crippen LogP contribution >= 0.6 is 11.5 Å². The number of carbonyl (C=O) groups excluding carboxylic acids is 1. The first-order valence-electron chi connectivity index (χ1n) is 7.83. The molecule has 3 rings (SSSR count). The number of nitrogens with zero attached hydrogens (tertiary/aromatic N) is 4. The minimum Gasteiger partial charge on any atom is -0.364 e. The van der Waals surface area contributed by atoms with Gasteiger partial charge in [0, 0.05) is 18.6 Å². The average Bonchev–Trinajstić information content (AvgIpc) is 2.94. The van der Waals surface area contributed by atoms with Crippen LogP contribution in [0.5, 0.6) is 0 Å². The molecule has 0 aromatic carbocycles. The topological polar surface area (TPSA) is 123 Å². The first-order valence-corrected chi connectivity index (χ1v) is 8.61. The lowest BCUT2D eigenvalue weighted by atomic mass is 10.0. The fraction of sp³-hybridized carbons (Fsp3) is 0.467. The second kappa shape index (κ2) is 6.70. The van der Waals surface area contributed by atoms with Crippen molar-refractivity contribution in [3.05, 3.63) is 23.7 Å². The lowest BCUT2D eigenvalue weighted by molar-refractivity contribution is 0.0996. The van der Waals surface area contributed by atoms with Crippen molar-refractivity contribution < 1.29 is 4.79 Å². The summed E-state index contributed by atoms with van der Waals surface area (Å²) in [6.07, 6.45) is 3.57. The number of hydrogen-bond acceptors (Lipinski definition) is 8. The van der Waals surface area contributed by atoms with E-state index in [1.807, 2.05) is 13.0 Å². The fourth-order valence-corrected chi connectivity index (χ4v) is 3.44. The molecular formula is C15H21N7OS. The van der Waals surface area contributed by atoms with E-state index >= 15 is 0 Å². The second-order valence-electron chi connectivity index (χ2n) is 6.09. The predicted molar refractivity (Wildman–Crippen MR) is 94.7 cm³/mol. The molecule has 0 saturated carbocycles. The molecule has 128 valence electrons. The van der Waals surface area contributed by atoms with Crippen molar-refractivity contribution in [2.24, 2.45) is 11.5 Å². The molecule has 1 fully saturated rings. The van der Waals surface area contributed by atoms with E-state index in [2.05, 4.69) is 31.5 Å². The predicted octanol–water partition coefficient (Wildman–Crippen LogP) is 1.40. The summed E-state index contributed by atoms with van der Waals surface area (Å²) < 4.78 is 4.21. The standard InChI is InChI=1S/C15H21N7OS/c1-8-5-12(24-21-8)20-15-13(14(17)23)18-6-11(19-15)22-7-10(16)4-3-9(22)2/h5-6,9-10H,3-4,7,16H2,1-2H3,(H2,17,23)(H,19,20). The Hall–Kier alpha value is -2.26. The molecule has 0 radical (unpaired) electrons. The highest BCUT2D eigenvalue weighted by Crippen LogP contribution is 2.27. The highest BCUT2D eigenvalue weighted by molar-refractivity contribution is 7.10. The summed E-state index contributed by atoms with van der Waals surface area (Å²) in [5, 5.41) is 3.89. The molecule has 1 aliphatic rings. The molecule has 9 heteroatoms. The van der Waals surface area contributed by atoms with Crippen LogP contribution in [0.25, 0.3) is 0 Å². The van der Waals surface area contributed by atoms with Crippen LogP contribution in [0.15, 0.2) is 12.3 Å². The molecule has 0 bridgehead atoms. The van der Waals surface area contributed by atoms with Crippen LogP contribution in [-0.4, -0.2) is 38.9 Å². The summed E-state index contributed by atoms with van der Waals surface area (Å²) in [6.45, 7) is 4.75. The first kappa shape index (κ1) is 16.6. The van der Waals surface area contributed by atoms with Gasteiger partial charge in [-0.15, -0.1) is 0 Å². The van der Waals surface area contributed by atoms with Gasteiger partial charge in [-0.2, -0.15) is 4.37 Å². The number of aromatic nitrogens is 3. The van der Waals surface area contributed by atoms with Crippen LogP contribution in [-0.2, 0) is 0 Å². The molecule has 2 aromatic heterocycles. The van der Waals surface area contributed by atoms with Gasteiger partial charge in [-0.1, -0.05) is 0 Å². The van der Waals surface area contributed by atoms with E-state index in [1.54, 1.807) is 6.20 Å². The Morgan fingerprint density at radius 3 is 2.92 bits per heavy atom. The zero-order chi connectivity index (χ0) is 17.3. The minimum atomic E-state index is -0.624. The number of nitrogens with one attached hydrogen (secondary N) is 1. The third-order valence-corrected chi connectivity index (χ3v) is 4.87. The number of primary amides is 1. The molecule has 1 amide bonds. The summed E-state index contributed by atoms with van der Waals surface area (Å²) in [5.41, 5.74) is 12.5. The Balaban J connectivity index is 1.94. The maximum Gasteiger partial charge on any atom is 0.271 e. The normalized spacial score (nSPS) is 20.9. The van der Waals surface area contributed by atoms with Crippen LogP contribution in [0.2, 0.25) is 0 Å². The molecule has 0 spiro atoms. The molecule has 2 atom stereocenters. The van der Waals surface area contributed by atoms with Gasteiger partial charge in [-0.05, 0) is 44.3 Å². The number of anilines is 3. The largest absolute Gasteiger partial charge is 0.364 e. The van der Waals surface area contributed by atoms with Gasteiger partial charge in [0.15, 0.2) is 11.5 Å². The van der Waals surface area contributed by atoms with Crippen molar-refractivity contribution in [1.82, 2.24) is 14.3 Å². The SMILES string of the molecule is Cc1cc(Nc2nc(N3CC(N)CCC3C)cnc2C(N)=O)sn1. The Morgan fingerprint density at radius 1 is 1.46 bits per heavy atom. The van der Waals surface area contributed by atoms with Crippen molar-refractivity contribution in [2.75, 3.05) is 16.8 Å². The molecule has 3 heterocycles. The fourth-order valence-electron chi connectivity index (χ4n) is 2.78.